The predicted molar refractivity (Wildman–Crippen MR) is 55.7 cm³/mol. The maximum Gasteiger partial charge on any atom is 0.0699 e. The average Bonchev–Trinajstić information content (AvgIpc) is 2.16. The van der Waals surface area contributed by atoms with Crippen molar-refractivity contribution in [1.29, 1.82) is 0 Å². The Hall–Kier alpha value is -0.0800. The summed E-state index contributed by atoms with van der Waals surface area (Å²) in [5, 5.41) is 13.7. The Bertz CT molecular complexity index is 152. The van der Waals surface area contributed by atoms with Gasteiger partial charge in [0.15, 0.2) is 0 Å². The Balaban J connectivity index is 2.55. The minimum Gasteiger partial charge on any atom is -0.390 e. The van der Waals surface area contributed by atoms with Gasteiger partial charge >= 0.3 is 0 Å². The molecular formula is C11H23NO. The van der Waals surface area contributed by atoms with Crippen molar-refractivity contribution in [1.82, 2.24) is 5.32 Å². The van der Waals surface area contributed by atoms with Crippen LogP contribution in [0.1, 0.15) is 40.0 Å². The molecule has 0 bridgehead atoms. The zero-order valence-electron chi connectivity index (χ0n) is 9.14. The molecule has 2 N–H and O–H groups in total. The molecule has 0 saturated carbocycles. The fourth-order valence-corrected chi connectivity index (χ4v) is 2.20. The molecule has 1 saturated heterocycles. The van der Waals surface area contributed by atoms with E-state index in [0.29, 0.717) is 11.8 Å². The number of piperidine rings is 1. The van der Waals surface area contributed by atoms with Crippen LogP contribution in [0.4, 0.5) is 0 Å². The van der Waals surface area contributed by atoms with Crippen LogP contribution in [0, 0.1) is 11.8 Å². The maximum atomic E-state index is 10.4. The summed E-state index contributed by atoms with van der Waals surface area (Å²) in [4.78, 5) is 0. The monoisotopic (exact) mass is 185 g/mol. The summed E-state index contributed by atoms with van der Waals surface area (Å²) in [7, 11) is 0. The van der Waals surface area contributed by atoms with E-state index in [1.54, 1.807) is 0 Å². The van der Waals surface area contributed by atoms with Gasteiger partial charge in [0.25, 0.3) is 0 Å². The lowest BCUT2D eigenvalue weighted by molar-refractivity contribution is -0.0558. The molecule has 0 aromatic rings. The van der Waals surface area contributed by atoms with Crippen LogP contribution in [0.25, 0.3) is 0 Å². The van der Waals surface area contributed by atoms with Gasteiger partial charge in [-0.05, 0) is 37.8 Å². The van der Waals surface area contributed by atoms with E-state index in [1.807, 2.05) is 0 Å². The Morgan fingerprint density at radius 3 is 2.31 bits per heavy atom. The largest absolute Gasteiger partial charge is 0.390 e. The minimum absolute atomic E-state index is 0.402. The van der Waals surface area contributed by atoms with Crippen LogP contribution in [0.3, 0.4) is 0 Å². The molecule has 2 unspecified atom stereocenters. The lowest BCUT2D eigenvalue weighted by atomic mass is 9.74. The van der Waals surface area contributed by atoms with Gasteiger partial charge in [-0.2, -0.15) is 0 Å². The molecule has 1 fully saturated rings. The Labute approximate surface area is 81.7 Å². The van der Waals surface area contributed by atoms with Gasteiger partial charge in [-0.15, -0.1) is 0 Å². The van der Waals surface area contributed by atoms with E-state index in [4.69, 9.17) is 0 Å². The molecule has 0 amide bonds. The van der Waals surface area contributed by atoms with E-state index >= 15 is 0 Å². The van der Waals surface area contributed by atoms with E-state index in [2.05, 4.69) is 26.1 Å². The van der Waals surface area contributed by atoms with Crippen molar-refractivity contribution in [3.63, 3.8) is 0 Å². The molecule has 0 aromatic carbocycles. The summed E-state index contributed by atoms with van der Waals surface area (Å²) < 4.78 is 0. The van der Waals surface area contributed by atoms with Crippen molar-refractivity contribution in [3.05, 3.63) is 0 Å². The summed E-state index contributed by atoms with van der Waals surface area (Å²) in [5.74, 6) is 1.06. The van der Waals surface area contributed by atoms with Crippen LogP contribution < -0.4 is 5.32 Å². The molecule has 1 heterocycles. The third-order valence-electron chi connectivity index (χ3n) is 3.81. The van der Waals surface area contributed by atoms with E-state index in [-0.39, 0.29) is 0 Å². The van der Waals surface area contributed by atoms with E-state index in [9.17, 15) is 5.11 Å². The van der Waals surface area contributed by atoms with Crippen molar-refractivity contribution in [2.45, 2.75) is 45.6 Å². The molecule has 1 rings (SSSR count). The van der Waals surface area contributed by atoms with Crippen LogP contribution in [-0.2, 0) is 0 Å². The third-order valence-corrected chi connectivity index (χ3v) is 3.81. The smallest absolute Gasteiger partial charge is 0.0699 e. The first-order valence-corrected chi connectivity index (χ1v) is 5.53. The number of hydrogen-bond acceptors (Lipinski definition) is 2. The van der Waals surface area contributed by atoms with Gasteiger partial charge in [0.1, 0.15) is 0 Å². The Morgan fingerprint density at radius 2 is 1.85 bits per heavy atom. The molecule has 2 atom stereocenters. The SMILES string of the molecule is CCC(C)C(C)C1(O)CCNCC1. The van der Waals surface area contributed by atoms with Crippen molar-refractivity contribution in [2.24, 2.45) is 11.8 Å². The molecule has 78 valence electrons. The summed E-state index contributed by atoms with van der Waals surface area (Å²) >= 11 is 0. The second-order valence-electron chi connectivity index (χ2n) is 4.53. The van der Waals surface area contributed by atoms with Gasteiger partial charge in [0, 0.05) is 0 Å². The Kier molecular flexibility index (Phi) is 3.74. The highest BCUT2D eigenvalue weighted by atomic mass is 16.3. The van der Waals surface area contributed by atoms with Crippen molar-refractivity contribution >= 4 is 0 Å². The average molecular weight is 185 g/mol. The maximum absolute atomic E-state index is 10.4. The molecule has 13 heavy (non-hydrogen) atoms. The number of hydrogen-bond donors (Lipinski definition) is 2. The highest BCUT2D eigenvalue weighted by Crippen LogP contribution is 2.33. The van der Waals surface area contributed by atoms with Gasteiger partial charge in [-0.1, -0.05) is 27.2 Å². The van der Waals surface area contributed by atoms with Crippen LogP contribution >= 0.6 is 0 Å². The first kappa shape index (κ1) is 11.0. The Morgan fingerprint density at radius 1 is 1.31 bits per heavy atom. The van der Waals surface area contributed by atoms with Gasteiger partial charge in [-0.3, -0.25) is 0 Å². The highest BCUT2D eigenvalue weighted by molar-refractivity contribution is 4.90. The molecule has 0 aromatic heterocycles. The van der Waals surface area contributed by atoms with Crippen LogP contribution in [0.2, 0.25) is 0 Å². The summed E-state index contributed by atoms with van der Waals surface area (Å²) in [6.07, 6.45) is 2.99. The molecule has 2 nitrogen and oxygen atoms in total. The van der Waals surface area contributed by atoms with Gasteiger partial charge in [-0.25, -0.2) is 0 Å². The van der Waals surface area contributed by atoms with E-state index in [1.165, 1.54) is 0 Å². The first-order valence-electron chi connectivity index (χ1n) is 5.53. The molecule has 1 aliphatic heterocycles. The molecular weight excluding hydrogens is 162 g/mol. The second kappa shape index (κ2) is 4.43. The van der Waals surface area contributed by atoms with Crippen molar-refractivity contribution < 1.29 is 5.11 Å². The number of nitrogens with one attached hydrogen (secondary N) is 1. The van der Waals surface area contributed by atoms with Crippen LogP contribution in [0.15, 0.2) is 0 Å². The second-order valence-corrected chi connectivity index (χ2v) is 4.53. The quantitative estimate of drug-likeness (QED) is 0.702. The van der Waals surface area contributed by atoms with Gasteiger partial charge in [0.05, 0.1) is 5.60 Å². The van der Waals surface area contributed by atoms with Crippen molar-refractivity contribution in [3.8, 4) is 0 Å². The van der Waals surface area contributed by atoms with Gasteiger partial charge in [0.2, 0.25) is 0 Å². The zero-order valence-corrected chi connectivity index (χ0v) is 9.14. The third kappa shape index (κ3) is 2.44. The topological polar surface area (TPSA) is 32.3 Å². The normalized spacial score (nSPS) is 26.8. The summed E-state index contributed by atoms with van der Waals surface area (Å²) in [6, 6.07) is 0. The standard InChI is InChI=1S/C11H23NO/c1-4-9(2)10(3)11(13)5-7-12-8-6-11/h9-10,12-13H,4-8H2,1-3H3. The minimum atomic E-state index is -0.402. The zero-order chi connectivity index (χ0) is 9.90. The number of rotatable bonds is 3. The summed E-state index contributed by atoms with van der Waals surface area (Å²) in [5.41, 5.74) is -0.402. The van der Waals surface area contributed by atoms with Gasteiger partial charge < -0.3 is 10.4 Å². The lowest BCUT2D eigenvalue weighted by Gasteiger charge is -2.40. The molecule has 1 aliphatic rings. The van der Waals surface area contributed by atoms with E-state index < -0.39 is 5.60 Å². The number of aliphatic hydroxyl groups is 1. The van der Waals surface area contributed by atoms with Crippen molar-refractivity contribution in [2.75, 3.05) is 13.1 Å². The summed E-state index contributed by atoms with van der Waals surface area (Å²) in [6.45, 7) is 8.57. The lowest BCUT2D eigenvalue weighted by Crippen LogP contribution is -2.48. The first-order chi connectivity index (χ1) is 6.10. The molecule has 0 radical (unpaired) electrons. The highest BCUT2D eigenvalue weighted by Gasteiger charge is 2.36. The molecule has 0 spiro atoms. The fraction of sp³-hybridized carbons (Fsp3) is 1.00. The molecule has 0 aliphatic carbocycles. The van der Waals surface area contributed by atoms with Crippen LogP contribution in [0.5, 0.6) is 0 Å². The predicted octanol–water partition coefficient (Wildman–Crippen LogP) is 1.78. The molecule has 2 heteroatoms. The van der Waals surface area contributed by atoms with E-state index in [0.717, 1.165) is 32.4 Å². The fourth-order valence-electron chi connectivity index (χ4n) is 2.20. The van der Waals surface area contributed by atoms with Crippen LogP contribution in [-0.4, -0.2) is 23.8 Å².